The normalized spacial score (nSPS) is 11.8. The van der Waals surface area contributed by atoms with E-state index < -0.39 is 5.97 Å². The van der Waals surface area contributed by atoms with Gasteiger partial charge in [-0.2, -0.15) is 5.10 Å². The topological polar surface area (TPSA) is 64.3 Å². The molecule has 0 spiro atoms. The fraction of sp³-hybridized carbons (Fsp3) is 0.267. The zero-order chi connectivity index (χ0) is 24.5. The zero-order valence-corrected chi connectivity index (χ0v) is 20.1. The number of carbonyl (C=O) groups is 1. The van der Waals surface area contributed by atoms with Crippen LogP contribution in [0.15, 0.2) is 91.3 Å². The molecule has 0 bridgehead atoms. The number of methoxy groups -OCH3 is 1. The summed E-state index contributed by atoms with van der Waals surface area (Å²) in [6.07, 6.45) is 7.86. The first-order valence-corrected chi connectivity index (χ1v) is 12.1. The van der Waals surface area contributed by atoms with Gasteiger partial charge in [0, 0.05) is 11.8 Å². The summed E-state index contributed by atoms with van der Waals surface area (Å²) < 4.78 is 7.14. The van der Waals surface area contributed by atoms with Crippen LogP contribution in [0.5, 0.6) is 5.75 Å². The maximum Gasteiger partial charge on any atom is 0.306 e. The van der Waals surface area contributed by atoms with E-state index in [1.807, 2.05) is 59.5 Å². The average molecular weight is 469 g/mol. The Morgan fingerprint density at radius 2 is 1.54 bits per heavy atom. The van der Waals surface area contributed by atoms with Crippen molar-refractivity contribution in [2.45, 2.75) is 38.6 Å². The van der Waals surface area contributed by atoms with Gasteiger partial charge in [-0.3, -0.25) is 9.48 Å². The van der Waals surface area contributed by atoms with Crippen LogP contribution in [-0.2, 0) is 24.2 Å². The van der Waals surface area contributed by atoms with E-state index in [0.717, 1.165) is 47.3 Å². The van der Waals surface area contributed by atoms with Gasteiger partial charge in [0.2, 0.25) is 0 Å². The van der Waals surface area contributed by atoms with E-state index in [1.165, 1.54) is 5.56 Å². The van der Waals surface area contributed by atoms with Crippen molar-refractivity contribution in [3.63, 3.8) is 0 Å². The number of hydrogen-bond donors (Lipinski definition) is 1. The van der Waals surface area contributed by atoms with Gasteiger partial charge in [-0.05, 0) is 66.5 Å². The van der Waals surface area contributed by atoms with Crippen LogP contribution in [0.4, 0.5) is 0 Å². The second-order valence-electron chi connectivity index (χ2n) is 8.92. The molecule has 0 saturated carbocycles. The van der Waals surface area contributed by atoms with Crippen LogP contribution in [-0.4, -0.2) is 28.0 Å². The third kappa shape index (κ3) is 7.06. The Hall–Kier alpha value is -3.86. The van der Waals surface area contributed by atoms with Gasteiger partial charge < -0.3 is 9.84 Å². The highest BCUT2D eigenvalue weighted by Gasteiger charge is 2.17. The lowest BCUT2D eigenvalue weighted by Crippen LogP contribution is -2.15. The van der Waals surface area contributed by atoms with Crippen molar-refractivity contribution in [1.82, 2.24) is 9.78 Å². The molecule has 0 amide bonds. The molecular formula is C30H32N2O3. The first-order chi connectivity index (χ1) is 17.1. The molecule has 180 valence electrons. The van der Waals surface area contributed by atoms with E-state index >= 15 is 0 Å². The molecule has 0 aliphatic rings. The third-order valence-corrected chi connectivity index (χ3v) is 6.42. The monoisotopic (exact) mass is 468 g/mol. The largest absolute Gasteiger partial charge is 0.497 e. The summed E-state index contributed by atoms with van der Waals surface area (Å²) in [5, 5.41) is 14.2. The van der Waals surface area contributed by atoms with Crippen molar-refractivity contribution in [3.05, 3.63) is 108 Å². The van der Waals surface area contributed by atoms with Crippen LogP contribution in [0.25, 0.3) is 11.1 Å². The Morgan fingerprint density at radius 3 is 2.23 bits per heavy atom. The van der Waals surface area contributed by atoms with Crippen LogP contribution in [0.2, 0.25) is 0 Å². The molecule has 1 N–H and O–H groups in total. The minimum Gasteiger partial charge on any atom is -0.497 e. The fourth-order valence-electron chi connectivity index (χ4n) is 4.31. The molecule has 0 radical (unpaired) electrons. The molecule has 0 fully saturated rings. The highest BCUT2D eigenvalue weighted by Crippen LogP contribution is 2.22. The van der Waals surface area contributed by atoms with Crippen LogP contribution < -0.4 is 4.74 Å². The van der Waals surface area contributed by atoms with Crippen molar-refractivity contribution in [3.8, 4) is 16.9 Å². The molecule has 1 unspecified atom stereocenters. The molecule has 3 aromatic carbocycles. The molecule has 4 aromatic rings. The molecular weight excluding hydrogens is 436 g/mol. The average Bonchev–Trinajstić information content (AvgIpc) is 3.35. The van der Waals surface area contributed by atoms with E-state index in [9.17, 15) is 9.90 Å². The molecule has 35 heavy (non-hydrogen) atoms. The van der Waals surface area contributed by atoms with Gasteiger partial charge in [0.05, 0.1) is 25.8 Å². The van der Waals surface area contributed by atoms with Crippen LogP contribution in [0, 0.1) is 5.92 Å². The van der Waals surface area contributed by atoms with Crippen LogP contribution >= 0.6 is 0 Å². The maximum absolute atomic E-state index is 11.8. The maximum atomic E-state index is 11.8. The minimum atomic E-state index is -0.695. The van der Waals surface area contributed by atoms with Gasteiger partial charge in [0.1, 0.15) is 5.75 Å². The number of benzene rings is 3. The number of hydrogen-bond acceptors (Lipinski definition) is 3. The molecule has 5 nitrogen and oxygen atoms in total. The lowest BCUT2D eigenvalue weighted by atomic mass is 9.93. The van der Waals surface area contributed by atoms with E-state index in [-0.39, 0.29) is 5.92 Å². The molecule has 0 aliphatic heterocycles. The van der Waals surface area contributed by atoms with Crippen molar-refractivity contribution >= 4 is 5.97 Å². The summed E-state index contributed by atoms with van der Waals surface area (Å²) >= 11 is 0. The molecule has 1 atom stereocenters. The van der Waals surface area contributed by atoms with Gasteiger partial charge in [-0.15, -0.1) is 0 Å². The van der Waals surface area contributed by atoms with E-state index in [1.54, 1.807) is 7.11 Å². The Bertz CT molecular complexity index is 1200. The minimum absolute atomic E-state index is 0.311. The summed E-state index contributed by atoms with van der Waals surface area (Å²) in [6, 6.07) is 26.6. The SMILES string of the molecule is COc1ccc(Cn2cc(-c3ccc(CCC(CCCc4ccccc4)C(=O)O)cc3)cn2)cc1. The smallest absolute Gasteiger partial charge is 0.306 e. The van der Waals surface area contributed by atoms with Crippen molar-refractivity contribution in [1.29, 1.82) is 0 Å². The molecule has 1 heterocycles. The Kier molecular flexibility index (Phi) is 8.34. The number of aryl methyl sites for hydroxylation is 2. The Balaban J connectivity index is 1.29. The summed E-state index contributed by atoms with van der Waals surface area (Å²) in [4.78, 5) is 11.8. The zero-order valence-electron chi connectivity index (χ0n) is 20.1. The summed E-state index contributed by atoms with van der Waals surface area (Å²) in [6.45, 7) is 0.697. The van der Waals surface area contributed by atoms with Gasteiger partial charge >= 0.3 is 5.97 Å². The summed E-state index contributed by atoms with van der Waals surface area (Å²) in [5.74, 6) is -0.162. The second-order valence-corrected chi connectivity index (χ2v) is 8.92. The molecule has 1 aromatic heterocycles. The highest BCUT2D eigenvalue weighted by atomic mass is 16.5. The van der Waals surface area contributed by atoms with Crippen molar-refractivity contribution in [2.75, 3.05) is 7.11 Å². The standard InChI is InChI=1S/C30H32N2O3/c1-35-29-18-13-25(14-19-29)21-32-22-28(20-31-32)26-15-10-24(11-16-26)12-17-27(30(33)34)9-5-8-23-6-3-2-4-7-23/h2-4,6-7,10-11,13-16,18-20,22,27H,5,8-9,12,17,21H2,1H3,(H,33,34). The number of carboxylic acids is 1. The molecule has 4 rings (SSSR count). The quantitative estimate of drug-likeness (QED) is 0.266. The number of aliphatic carboxylic acids is 1. The predicted octanol–water partition coefficient (Wildman–Crippen LogP) is 6.26. The van der Waals surface area contributed by atoms with E-state index in [0.29, 0.717) is 19.4 Å². The van der Waals surface area contributed by atoms with Crippen molar-refractivity contribution < 1.29 is 14.6 Å². The highest BCUT2D eigenvalue weighted by molar-refractivity contribution is 5.70. The molecule has 5 heteroatoms. The number of ether oxygens (including phenoxy) is 1. The number of aromatic nitrogens is 2. The Morgan fingerprint density at radius 1 is 0.857 bits per heavy atom. The fourth-order valence-corrected chi connectivity index (χ4v) is 4.31. The number of nitrogens with zero attached hydrogens (tertiary/aromatic N) is 2. The van der Waals surface area contributed by atoms with Gasteiger partial charge in [-0.1, -0.05) is 66.7 Å². The van der Waals surface area contributed by atoms with E-state index in [2.05, 4.69) is 41.5 Å². The first kappa shape index (κ1) is 24.3. The number of rotatable bonds is 12. The van der Waals surface area contributed by atoms with Crippen LogP contribution in [0.1, 0.15) is 36.0 Å². The predicted molar refractivity (Wildman–Crippen MR) is 139 cm³/mol. The lowest BCUT2D eigenvalue weighted by Gasteiger charge is -2.12. The third-order valence-electron chi connectivity index (χ3n) is 6.42. The summed E-state index contributed by atoms with van der Waals surface area (Å²) in [5.41, 5.74) is 5.75. The number of carboxylic acid groups (broad SMARTS) is 1. The van der Waals surface area contributed by atoms with Gasteiger partial charge in [0.15, 0.2) is 0 Å². The molecule has 0 saturated heterocycles. The first-order valence-electron chi connectivity index (χ1n) is 12.1. The second kappa shape index (κ2) is 12.0. The Labute approximate surface area is 207 Å². The van der Waals surface area contributed by atoms with Crippen molar-refractivity contribution in [2.24, 2.45) is 5.92 Å². The summed E-state index contributed by atoms with van der Waals surface area (Å²) in [7, 11) is 1.66. The van der Waals surface area contributed by atoms with E-state index in [4.69, 9.17) is 4.74 Å². The van der Waals surface area contributed by atoms with Gasteiger partial charge in [0.25, 0.3) is 0 Å². The molecule has 0 aliphatic carbocycles. The van der Waals surface area contributed by atoms with Gasteiger partial charge in [-0.25, -0.2) is 0 Å². The lowest BCUT2D eigenvalue weighted by molar-refractivity contribution is -0.142. The van der Waals surface area contributed by atoms with Crippen LogP contribution in [0.3, 0.4) is 0 Å².